The zero-order valence-electron chi connectivity index (χ0n) is 8.92. The smallest absolute Gasteiger partial charge is 0.411 e. The minimum Gasteiger partial charge on any atom is -0.411 e. The Morgan fingerprint density at radius 2 is 1.69 bits per heavy atom. The Morgan fingerprint density at radius 1 is 1.19 bits per heavy atom. The van der Waals surface area contributed by atoms with Gasteiger partial charge in [0.15, 0.2) is 0 Å². The van der Waals surface area contributed by atoms with E-state index in [4.69, 9.17) is 5.21 Å². The van der Waals surface area contributed by atoms with Gasteiger partial charge in [0.1, 0.15) is 0 Å². The second-order valence-corrected chi connectivity index (χ2v) is 3.72. The summed E-state index contributed by atoms with van der Waals surface area (Å²) in [7, 11) is 0. The molecule has 0 aliphatic rings. The van der Waals surface area contributed by atoms with Crippen molar-refractivity contribution in [3.05, 3.63) is 35.4 Å². The van der Waals surface area contributed by atoms with Crippen LogP contribution in [0.25, 0.3) is 0 Å². The first-order valence-electron chi connectivity index (χ1n) is 4.76. The number of halogens is 3. The lowest BCUT2D eigenvalue weighted by atomic mass is 9.99. The molecule has 1 N–H and O–H groups in total. The number of oxime groups is 1. The van der Waals surface area contributed by atoms with Crippen molar-refractivity contribution in [2.45, 2.75) is 20.0 Å². The minimum absolute atomic E-state index is 0.0539. The summed E-state index contributed by atoms with van der Waals surface area (Å²) in [4.78, 5) is 0. The van der Waals surface area contributed by atoms with Crippen LogP contribution in [0.1, 0.15) is 25.0 Å². The van der Waals surface area contributed by atoms with Crippen LogP contribution >= 0.6 is 0 Å². The van der Waals surface area contributed by atoms with Crippen LogP contribution in [0.2, 0.25) is 0 Å². The molecule has 0 spiro atoms. The first kappa shape index (κ1) is 12.5. The Labute approximate surface area is 91.4 Å². The van der Waals surface area contributed by atoms with Crippen LogP contribution in [0.5, 0.6) is 0 Å². The van der Waals surface area contributed by atoms with Gasteiger partial charge >= 0.3 is 6.18 Å². The highest BCUT2D eigenvalue weighted by Crippen LogP contribution is 2.29. The molecule has 1 rings (SSSR count). The molecule has 2 nitrogen and oxygen atoms in total. The monoisotopic (exact) mass is 231 g/mol. The predicted molar refractivity (Wildman–Crippen MR) is 54.6 cm³/mol. The fraction of sp³-hybridized carbons (Fsp3) is 0.364. The first-order valence-corrected chi connectivity index (χ1v) is 4.76. The standard InChI is InChI=1S/C11H12F3NO/c1-7(2)10(15-16)8-3-5-9(6-4-8)11(12,13)14/h3-7,16H,1-2H3/b15-10-. The Morgan fingerprint density at radius 3 is 2.00 bits per heavy atom. The Kier molecular flexibility index (Phi) is 3.57. The topological polar surface area (TPSA) is 32.6 Å². The van der Waals surface area contributed by atoms with Crippen molar-refractivity contribution in [2.24, 2.45) is 11.1 Å². The molecular formula is C11H12F3NO. The van der Waals surface area contributed by atoms with Crippen LogP contribution < -0.4 is 0 Å². The van der Waals surface area contributed by atoms with Gasteiger partial charge in [-0.3, -0.25) is 0 Å². The molecule has 0 saturated heterocycles. The average molecular weight is 231 g/mol. The van der Waals surface area contributed by atoms with E-state index in [1.165, 1.54) is 12.1 Å². The van der Waals surface area contributed by atoms with E-state index in [0.717, 1.165) is 12.1 Å². The molecule has 88 valence electrons. The molecule has 0 bridgehead atoms. The van der Waals surface area contributed by atoms with Gasteiger partial charge in [-0.2, -0.15) is 13.2 Å². The number of nitrogens with zero attached hydrogens (tertiary/aromatic N) is 1. The summed E-state index contributed by atoms with van der Waals surface area (Å²) >= 11 is 0. The number of alkyl halides is 3. The van der Waals surface area contributed by atoms with E-state index >= 15 is 0 Å². The molecule has 0 atom stereocenters. The molecule has 16 heavy (non-hydrogen) atoms. The molecule has 0 amide bonds. The van der Waals surface area contributed by atoms with Crippen molar-refractivity contribution < 1.29 is 18.4 Å². The van der Waals surface area contributed by atoms with Crippen LogP contribution in [0, 0.1) is 5.92 Å². The Bertz CT molecular complexity index is 379. The third-order valence-electron chi connectivity index (χ3n) is 2.16. The summed E-state index contributed by atoms with van der Waals surface area (Å²) < 4.78 is 36.8. The fourth-order valence-corrected chi connectivity index (χ4v) is 1.34. The molecular weight excluding hydrogens is 219 g/mol. The maximum absolute atomic E-state index is 12.3. The highest BCUT2D eigenvalue weighted by Gasteiger charge is 2.30. The third-order valence-corrected chi connectivity index (χ3v) is 2.16. The van der Waals surface area contributed by atoms with Gasteiger partial charge in [0.2, 0.25) is 0 Å². The summed E-state index contributed by atoms with van der Waals surface area (Å²) in [6, 6.07) is 4.56. The maximum atomic E-state index is 12.3. The van der Waals surface area contributed by atoms with Crippen LogP contribution in [0.3, 0.4) is 0 Å². The molecule has 1 aromatic rings. The summed E-state index contributed by atoms with van der Waals surface area (Å²) in [6.45, 7) is 3.60. The molecule has 0 fully saturated rings. The van der Waals surface area contributed by atoms with Gasteiger partial charge in [-0.15, -0.1) is 0 Å². The van der Waals surface area contributed by atoms with Crippen LogP contribution in [-0.2, 0) is 6.18 Å². The first-order chi connectivity index (χ1) is 7.36. The van der Waals surface area contributed by atoms with Crippen molar-refractivity contribution >= 4 is 5.71 Å². The van der Waals surface area contributed by atoms with Crippen LogP contribution in [0.4, 0.5) is 13.2 Å². The van der Waals surface area contributed by atoms with E-state index in [1.54, 1.807) is 13.8 Å². The van der Waals surface area contributed by atoms with Gasteiger partial charge in [0.05, 0.1) is 11.3 Å². The van der Waals surface area contributed by atoms with Crippen molar-refractivity contribution in [3.8, 4) is 0 Å². The third kappa shape index (κ3) is 2.74. The highest BCUT2D eigenvalue weighted by atomic mass is 19.4. The lowest BCUT2D eigenvalue weighted by molar-refractivity contribution is -0.137. The lowest BCUT2D eigenvalue weighted by Crippen LogP contribution is -2.10. The van der Waals surface area contributed by atoms with Crippen molar-refractivity contribution in [1.82, 2.24) is 0 Å². The van der Waals surface area contributed by atoms with E-state index in [-0.39, 0.29) is 5.92 Å². The van der Waals surface area contributed by atoms with Crippen LogP contribution in [0.15, 0.2) is 29.4 Å². The van der Waals surface area contributed by atoms with Crippen molar-refractivity contribution in [1.29, 1.82) is 0 Å². The molecule has 0 heterocycles. The molecule has 0 radical (unpaired) electrons. The van der Waals surface area contributed by atoms with Gasteiger partial charge in [-0.1, -0.05) is 31.1 Å². The van der Waals surface area contributed by atoms with E-state index in [0.29, 0.717) is 11.3 Å². The fourth-order valence-electron chi connectivity index (χ4n) is 1.34. The molecule has 0 saturated carbocycles. The van der Waals surface area contributed by atoms with E-state index in [1.807, 2.05) is 0 Å². The van der Waals surface area contributed by atoms with Gasteiger partial charge in [-0.25, -0.2) is 0 Å². The molecule has 5 heteroatoms. The molecule has 0 aromatic heterocycles. The minimum atomic E-state index is -4.34. The highest BCUT2D eigenvalue weighted by molar-refractivity contribution is 6.01. The largest absolute Gasteiger partial charge is 0.416 e. The molecule has 0 aliphatic heterocycles. The maximum Gasteiger partial charge on any atom is 0.416 e. The number of hydrogen-bond acceptors (Lipinski definition) is 2. The molecule has 0 unspecified atom stereocenters. The zero-order valence-corrected chi connectivity index (χ0v) is 8.92. The van der Waals surface area contributed by atoms with E-state index in [9.17, 15) is 13.2 Å². The Balaban J connectivity index is 3.04. The second kappa shape index (κ2) is 4.55. The van der Waals surface area contributed by atoms with Gasteiger partial charge in [0.25, 0.3) is 0 Å². The quantitative estimate of drug-likeness (QED) is 0.471. The summed E-state index contributed by atoms with van der Waals surface area (Å²) in [5, 5.41) is 11.8. The summed E-state index contributed by atoms with van der Waals surface area (Å²) in [5.41, 5.74) is 0.150. The number of rotatable bonds is 2. The van der Waals surface area contributed by atoms with Crippen molar-refractivity contribution in [2.75, 3.05) is 0 Å². The zero-order chi connectivity index (χ0) is 12.3. The van der Waals surface area contributed by atoms with Gasteiger partial charge in [0, 0.05) is 0 Å². The molecule has 1 aromatic carbocycles. The molecule has 0 aliphatic carbocycles. The summed E-state index contributed by atoms with van der Waals surface area (Å²) in [5.74, 6) is -0.0539. The summed E-state index contributed by atoms with van der Waals surface area (Å²) in [6.07, 6.45) is -4.34. The second-order valence-electron chi connectivity index (χ2n) is 3.72. The number of benzene rings is 1. The van der Waals surface area contributed by atoms with E-state index < -0.39 is 11.7 Å². The van der Waals surface area contributed by atoms with Crippen LogP contribution in [-0.4, -0.2) is 10.9 Å². The normalized spacial score (nSPS) is 13.2. The van der Waals surface area contributed by atoms with E-state index in [2.05, 4.69) is 5.16 Å². The SMILES string of the molecule is CC(C)/C(=N/O)c1ccc(C(F)(F)F)cc1. The van der Waals surface area contributed by atoms with Gasteiger partial charge in [-0.05, 0) is 23.6 Å². The predicted octanol–water partition coefficient (Wildman–Crippen LogP) is 3.54. The van der Waals surface area contributed by atoms with Crippen molar-refractivity contribution in [3.63, 3.8) is 0 Å². The lowest BCUT2D eigenvalue weighted by Gasteiger charge is -2.10. The van der Waals surface area contributed by atoms with Gasteiger partial charge < -0.3 is 5.21 Å². The Hall–Kier alpha value is -1.52. The number of hydrogen-bond donors (Lipinski definition) is 1. The average Bonchev–Trinajstić information content (AvgIpc) is 2.17.